The first-order valence-electron chi connectivity index (χ1n) is 5.73. The Morgan fingerprint density at radius 3 is 2.88 bits per heavy atom. The molecule has 1 spiro atoms. The zero-order valence-corrected chi connectivity index (χ0v) is 9.02. The van der Waals surface area contributed by atoms with Crippen molar-refractivity contribution in [2.45, 2.75) is 24.7 Å². The van der Waals surface area contributed by atoms with Crippen LogP contribution in [-0.4, -0.2) is 11.1 Å². The molecule has 0 saturated heterocycles. The van der Waals surface area contributed by atoms with Crippen LogP contribution in [0.15, 0.2) is 30.3 Å². The van der Waals surface area contributed by atoms with Gasteiger partial charge in [0, 0.05) is 5.41 Å². The summed E-state index contributed by atoms with van der Waals surface area (Å²) in [5.74, 6) is -0.838. The standard InChI is InChI=1S/C14H14O2/c15-13(16)12-7-9-14(12)8-3-5-10-4-1-2-6-11(10)14/h1-6,12H,7-9H2,(H,15,16). The number of allylic oxidation sites excluding steroid dienone is 1. The van der Waals surface area contributed by atoms with E-state index in [1.54, 1.807) is 0 Å². The van der Waals surface area contributed by atoms with Crippen molar-refractivity contribution in [2.75, 3.05) is 0 Å². The average molecular weight is 214 g/mol. The van der Waals surface area contributed by atoms with Crippen LogP contribution in [0.1, 0.15) is 30.4 Å². The number of hydrogen-bond acceptors (Lipinski definition) is 1. The van der Waals surface area contributed by atoms with E-state index in [1.165, 1.54) is 11.1 Å². The van der Waals surface area contributed by atoms with Gasteiger partial charge in [0.05, 0.1) is 5.92 Å². The van der Waals surface area contributed by atoms with E-state index in [0.29, 0.717) is 0 Å². The Hall–Kier alpha value is -1.57. The second-order valence-electron chi connectivity index (χ2n) is 4.78. The second-order valence-corrected chi connectivity index (χ2v) is 4.78. The Bertz CT molecular complexity index is 475. The molecular formula is C14H14O2. The molecule has 1 fully saturated rings. The Balaban J connectivity index is 2.11. The normalized spacial score (nSPS) is 30.9. The molecule has 2 aliphatic carbocycles. The van der Waals surface area contributed by atoms with Crippen LogP contribution in [0.4, 0.5) is 0 Å². The van der Waals surface area contributed by atoms with E-state index < -0.39 is 5.97 Å². The molecule has 1 N–H and O–H groups in total. The molecule has 1 aromatic carbocycles. The van der Waals surface area contributed by atoms with E-state index in [2.05, 4.69) is 24.3 Å². The number of carboxylic acids is 1. The van der Waals surface area contributed by atoms with Crippen molar-refractivity contribution in [1.29, 1.82) is 0 Å². The Morgan fingerprint density at radius 1 is 1.38 bits per heavy atom. The molecule has 0 heterocycles. The largest absolute Gasteiger partial charge is 0.481 e. The molecule has 2 unspecified atom stereocenters. The number of rotatable bonds is 1. The van der Waals surface area contributed by atoms with Crippen molar-refractivity contribution in [3.8, 4) is 0 Å². The first-order valence-corrected chi connectivity index (χ1v) is 5.73. The van der Waals surface area contributed by atoms with Gasteiger partial charge in [0.2, 0.25) is 0 Å². The maximum atomic E-state index is 11.2. The third kappa shape index (κ3) is 1.10. The van der Waals surface area contributed by atoms with Gasteiger partial charge >= 0.3 is 5.97 Å². The minimum absolute atomic E-state index is 0.114. The molecule has 0 bridgehead atoms. The molecular weight excluding hydrogens is 200 g/mol. The average Bonchev–Trinajstić information content (AvgIpc) is 2.26. The Kier molecular flexibility index (Phi) is 1.93. The smallest absolute Gasteiger partial charge is 0.307 e. The highest BCUT2D eigenvalue weighted by atomic mass is 16.4. The molecule has 0 radical (unpaired) electrons. The first kappa shape index (κ1) is 9.64. The number of hydrogen-bond donors (Lipinski definition) is 1. The molecule has 3 rings (SSSR count). The summed E-state index contributed by atoms with van der Waals surface area (Å²) >= 11 is 0. The predicted octanol–water partition coefficient (Wildman–Crippen LogP) is 2.84. The lowest BCUT2D eigenvalue weighted by Gasteiger charge is -2.49. The Morgan fingerprint density at radius 2 is 2.19 bits per heavy atom. The lowest BCUT2D eigenvalue weighted by molar-refractivity contribution is -0.149. The SMILES string of the molecule is O=C(O)C1CCC12CC=Cc1ccccc12. The van der Waals surface area contributed by atoms with Crippen LogP contribution in [0.3, 0.4) is 0 Å². The molecule has 1 saturated carbocycles. The van der Waals surface area contributed by atoms with Crippen LogP contribution in [0.2, 0.25) is 0 Å². The van der Waals surface area contributed by atoms with E-state index >= 15 is 0 Å². The van der Waals surface area contributed by atoms with E-state index in [-0.39, 0.29) is 11.3 Å². The van der Waals surface area contributed by atoms with Gasteiger partial charge in [-0.25, -0.2) is 0 Å². The quantitative estimate of drug-likeness (QED) is 0.780. The first-order chi connectivity index (χ1) is 7.74. The summed E-state index contributed by atoms with van der Waals surface area (Å²) in [5, 5.41) is 9.25. The van der Waals surface area contributed by atoms with Crippen LogP contribution in [0, 0.1) is 5.92 Å². The van der Waals surface area contributed by atoms with Crippen LogP contribution in [0.5, 0.6) is 0 Å². The molecule has 1 aromatic rings. The lowest BCUT2D eigenvalue weighted by Crippen LogP contribution is -2.49. The van der Waals surface area contributed by atoms with Crippen LogP contribution in [-0.2, 0) is 10.2 Å². The van der Waals surface area contributed by atoms with Gasteiger partial charge in [-0.2, -0.15) is 0 Å². The molecule has 2 nitrogen and oxygen atoms in total. The molecule has 2 heteroatoms. The fourth-order valence-electron chi connectivity index (χ4n) is 3.17. The minimum atomic E-state index is -0.642. The maximum absolute atomic E-state index is 11.2. The second kappa shape index (κ2) is 3.21. The predicted molar refractivity (Wildman–Crippen MR) is 62.1 cm³/mol. The summed E-state index contributed by atoms with van der Waals surface area (Å²) in [6.07, 6.45) is 6.93. The van der Waals surface area contributed by atoms with Crippen molar-refractivity contribution in [3.63, 3.8) is 0 Å². The zero-order valence-electron chi connectivity index (χ0n) is 9.02. The summed E-state index contributed by atoms with van der Waals surface area (Å²) in [6.45, 7) is 0. The van der Waals surface area contributed by atoms with Crippen LogP contribution in [0.25, 0.3) is 6.08 Å². The van der Waals surface area contributed by atoms with Gasteiger partial charge in [0.15, 0.2) is 0 Å². The van der Waals surface area contributed by atoms with Crippen molar-refractivity contribution >= 4 is 12.0 Å². The third-order valence-corrected chi connectivity index (χ3v) is 4.12. The lowest BCUT2D eigenvalue weighted by atomic mass is 9.53. The van der Waals surface area contributed by atoms with Crippen LogP contribution >= 0.6 is 0 Å². The van der Waals surface area contributed by atoms with Gasteiger partial charge in [0.1, 0.15) is 0 Å². The van der Waals surface area contributed by atoms with Crippen molar-refractivity contribution < 1.29 is 9.90 Å². The fourth-order valence-corrected chi connectivity index (χ4v) is 3.17. The number of aliphatic carboxylic acids is 1. The zero-order chi connectivity index (χ0) is 11.2. The summed E-state index contributed by atoms with van der Waals surface area (Å²) in [4.78, 5) is 11.2. The number of benzene rings is 1. The molecule has 82 valence electrons. The van der Waals surface area contributed by atoms with Gasteiger partial charge in [-0.3, -0.25) is 4.79 Å². The summed E-state index contributed by atoms with van der Waals surface area (Å²) in [6, 6.07) is 8.19. The van der Waals surface area contributed by atoms with E-state index in [0.717, 1.165) is 19.3 Å². The highest BCUT2D eigenvalue weighted by molar-refractivity contribution is 5.76. The number of fused-ring (bicyclic) bond motifs is 2. The minimum Gasteiger partial charge on any atom is -0.481 e. The van der Waals surface area contributed by atoms with Gasteiger partial charge < -0.3 is 5.11 Å². The fraction of sp³-hybridized carbons (Fsp3) is 0.357. The van der Waals surface area contributed by atoms with Gasteiger partial charge in [-0.15, -0.1) is 0 Å². The molecule has 2 atom stereocenters. The van der Waals surface area contributed by atoms with Gasteiger partial charge in [-0.1, -0.05) is 36.4 Å². The van der Waals surface area contributed by atoms with E-state index in [9.17, 15) is 9.90 Å². The summed E-state index contributed by atoms with van der Waals surface area (Å²) in [5.41, 5.74) is 2.31. The summed E-state index contributed by atoms with van der Waals surface area (Å²) < 4.78 is 0. The molecule has 2 aliphatic rings. The third-order valence-electron chi connectivity index (χ3n) is 4.12. The number of carbonyl (C=O) groups is 1. The highest BCUT2D eigenvalue weighted by Crippen LogP contribution is 2.54. The van der Waals surface area contributed by atoms with Crippen molar-refractivity contribution in [1.82, 2.24) is 0 Å². The molecule has 16 heavy (non-hydrogen) atoms. The van der Waals surface area contributed by atoms with Crippen molar-refractivity contribution in [2.24, 2.45) is 5.92 Å². The topological polar surface area (TPSA) is 37.3 Å². The van der Waals surface area contributed by atoms with Gasteiger partial charge in [0.25, 0.3) is 0 Å². The van der Waals surface area contributed by atoms with Crippen LogP contribution < -0.4 is 0 Å². The highest BCUT2D eigenvalue weighted by Gasteiger charge is 2.52. The Labute approximate surface area is 94.6 Å². The molecule has 0 aliphatic heterocycles. The maximum Gasteiger partial charge on any atom is 0.307 e. The monoisotopic (exact) mass is 214 g/mol. The van der Waals surface area contributed by atoms with E-state index in [4.69, 9.17) is 0 Å². The summed E-state index contributed by atoms with van der Waals surface area (Å²) in [7, 11) is 0. The number of carboxylic acid groups (broad SMARTS) is 1. The molecule has 0 aromatic heterocycles. The van der Waals surface area contributed by atoms with E-state index in [1.807, 2.05) is 12.1 Å². The van der Waals surface area contributed by atoms with Crippen molar-refractivity contribution in [3.05, 3.63) is 41.5 Å². The van der Waals surface area contributed by atoms with Gasteiger partial charge in [-0.05, 0) is 30.4 Å². The molecule has 0 amide bonds.